The van der Waals surface area contributed by atoms with E-state index in [4.69, 9.17) is 4.74 Å². The number of benzene rings is 2. The number of nitrogens with one attached hydrogen (secondary N) is 1. The van der Waals surface area contributed by atoms with Crippen molar-refractivity contribution in [1.29, 1.82) is 0 Å². The summed E-state index contributed by atoms with van der Waals surface area (Å²) >= 11 is 0.828. The number of ether oxygens (including phenoxy) is 1. The number of nitrogens with zero attached hydrogens (tertiary/aromatic N) is 2. The van der Waals surface area contributed by atoms with Crippen molar-refractivity contribution in [3.8, 4) is 11.4 Å². The standard InChI is InChI=1S/C23H19N3O4S/c1-30-19-9-7-18(8-10-19)25-12-11-16(14-25)13-20-22(28)26(23(29)31-20)15-21(27)24-17-5-3-2-4-6-17/h2-14H,15H2,1H3,(H,24,27)/b20-13+. The topological polar surface area (TPSA) is 80.6 Å². The van der Waals surface area contributed by atoms with Gasteiger partial charge in [0.1, 0.15) is 12.3 Å². The van der Waals surface area contributed by atoms with Crippen LogP contribution < -0.4 is 10.1 Å². The van der Waals surface area contributed by atoms with Crippen molar-refractivity contribution in [3.63, 3.8) is 0 Å². The molecule has 0 unspecified atom stereocenters. The van der Waals surface area contributed by atoms with Crippen LogP contribution >= 0.6 is 11.8 Å². The number of aromatic nitrogens is 1. The van der Waals surface area contributed by atoms with E-state index in [0.29, 0.717) is 5.69 Å². The summed E-state index contributed by atoms with van der Waals surface area (Å²) in [6.07, 6.45) is 5.38. The van der Waals surface area contributed by atoms with Crippen LogP contribution in [0.4, 0.5) is 10.5 Å². The highest BCUT2D eigenvalue weighted by Gasteiger charge is 2.36. The molecular formula is C23H19N3O4S. The Balaban J connectivity index is 1.44. The summed E-state index contributed by atoms with van der Waals surface area (Å²) in [6, 6.07) is 18.3. The lowest BCUT2D eigenvalue weighted by Crippen LogP contribution is -2.36. The second-order valence-electron chi connectivity index (χ2n) is 6.73. The van der Waals surface area contributed by atoms with Crippen molar-refractivity contribution < 1.29 is 19.1 Å². The summed E-state index contributed by atoms with van der Waals surface area (Å²) in [7, 11) is 1.61. The number of carbonyl (C=O) groups excluding carboxylic acids is 3. The fourth-order valence-electron chi connectivity index (χ4n) is 3.07. The molecule has 0 radical (unpaired) electrons. The van der Waals surface area contributed by atoms with Gasteiger partial charge in [-0.15, -0.1) is 0 Å². The molecule has 31 heavy (non-hydrogen) atoms. The molecule has 156 valence electrons. The van der Waals surface area contributed by atoms with Crippen LogP contribution in [0.2, 0.25) is 0 Å². The molecular weight excluding hydrogens is 414 g/mol. The zero-order valence-electron chi connectivity index (χ0n) is 16.6. The third-order valence-electron chi connectivity index (χ3n) is 4.62. The van der Waals surface area contributed by atoms with E-state index in [2.05, 4.69) is 5.32 Å². The van der Waals surface area contributed by atoms with Crippen molar-refractivity contribution in [3.05, 3.63) is 83.5 Å². The average Bonchev–Trinajstić information content (AvgIpc) is 3.35. The van der Waals surface area contributed by atoms with Crippen molar-refractivity contribution in [2.24, 2.45) is 0 Å². The van der Waals surface area contributed by atoms with Crippen molar-refractivity contribution in [1.82, 2.24) is 9.47 Å². The van der Waals surface area contributed by atoms with Crippen molar-refractivity contribution in [2.75, 3.05) is 19.0 Å². The van der Waals surface area contributed by atoms with Crippen LogP contribution in [0.5, 0.6) is 5.75 Å². The Kier molecular flexibility index (Phi) is 5.90. The number of hydrogen-bond donors (Lipinski definition) is 1. The molecule has 2 heterocycles. The van der Waals surface area contributed by atoms with Crippen LogP contribution in [0.3, 0.4) is 0 Å². The van der Waals surface area contributed by atoms with Crippen LogP contribution in [0, 0.1) is 0 Å². The van der Waals surface area contributed by atoms with Crippen LogP contribution in [0.25, 0.3) is 11.8 Å². The third kappa shape index (κ3) is 4.70. The number of carbonyl (C=O) groups is 3. The molecule has 0 aliphatic carbocycles. The zero-order chi connectivity index (χ0) is 21.8. The molecule has 4 rings (SSSR count). The number of anilines is 1. The first-order valence-corrected chi connectivity index (χ1v) is 10.3. The predicted molar refractivity (Wildman–Crippen MR) is 120 cm³/mol. The molecule has 1 aliphatic heterocycles. The van der Waals surface area contributed by atoms with Gasteiger partial charge in [0.25, 0.3) is 11.1 Å². The lowest BCUT2D eigenvalue weighted by Gasteiger charge is -2.12. The quantitative estimate of drug-likeness (QED) is 0.591. The van der Waals surface area contributed by atoms with Gasteiger partial charge in [0.2, 0.25) is 5.91 Å². The Morgan fingerprint density at radius 1 is 1.06 bits per heavy atom. The second kappa shape index (κ2) is 8.93. The van der Waals surface area contributed by atoms with Crippen LogP contribution in [0.15, 0.2) is 78.0 Å². The van der Waals surface area contributed by atoms with Crippen molar-refractivity contribution in [2.45, 2.75) is 0 Å². The molecule has 7 nitrogen and oxygen atoms in total. The van der Waals surface area contributed by atoms with Gasteiger partial charge in [-0.2, -0.15) is 0 Å². The number of imide groups is 1. The van der Waals surface area contributed by atoms with Crippen LogP contribution in [0.1, 0.15) is 5.56 Å². The number of amides is 3. The predicted octanol–water partition coefficient (Wildman–Crippen LogP) is 4.16. The maximum absolute atomic E-state index is 12.7. The molecule has 1 aromatic heterocycles. The normalized spacial score (nSPS) is 14.9. The molecule has 8 heteroatoms. The summed E-state index contributed by atoms with van der Waals surface area (Å²) in [5, 5.41) is 2.21. The number of rotatable bonds is 6. The zero-order valence-corrected chi connectivity index (χ0v) is 17.5. The Hall–Kier alpha value is -3.78. The van der Waals surface area contributed by atoms with Gasteiger partial charge >= 0.3 is 0 Å². The average molecular weight is 433 g/mol. The van der Waals surface area contributed by atoms with Gasteiger partial charge in [-0.25, -0.2) is 0 Å². The lowest BCUT2D eigenvalue weighted by atomic mass is 10.3. The number of hydrogen-bond acceptors (Lipinski definition) is 5. The van der Waals surface area contributed by atoms with E-state index >= 15 is 0 Å². The Labute approximate surface area is 183 Å². The molecule has 3 aromatic rings. The lowest BCUT2D eigenvalue weighted by molar-refractivity contribution is -0.127. The van der Waals surface area contributed by atoms with E-state index in [1.54, 1.807) is 37.5 Å². The second-order valence-corrected chi connectivity index (χ2v) is 7.73. The van der Waals surface area contributed by atoms with Gasteiger partial charge in [-0.1, -0.05) is 18.2 Å². The Morgan fingerprint density at radius 3 is 2.52 bits per heavy atom. The SMILES string of the molecule is COc1ccc(-n2ccc(/C=C3/SC(=O)N(CC(=O)Nc4ccccc4)C3=O)c2)cc1. The monoisotopic (exact) mass is 433 g/mol. The van der Waals surface area contributed by atoms with E-state index in [-0.39, 0.29) is 11.4 Å². The molecule has 2 aromatic carbocycles. The summed E-state index contributed by atoms with van der Waals surface area (Å²) in [5.41, 5.74) is 2.32. The summed E-state index contributed by atoms with van der Waals surface area (Å²) in [5.74, 6) is -0.142. The molecule has 0 atom stereocenters. The van der Waals surface area contributed by atoms with E-state index in [0.717, 1.165) is 33.7 Å². The maximum atomic E-state index is 12.7. The number of methoxy groups -OCH3 is 1. The highest BCUT2D eigenvalue weighted by atomic mass is 32.2. The fourth-order valence-corrected chi connectivity index (χ4v) is 3.90. The smallest absolute Gasteiger partial charge is 0.294 e. The Morgan fingerprint density at radius 2 is 1.81 bits per heavy atom. The third-order valence-corrected chi connectivity index (χ3v) is 5.52. The van der Waals surface area contributed by atoms with E-state index in [9.17, 15) is 14.4 Å². The van der Waals surface area contributed by atoms with E-state index < -0.39 is 17.1 Å². The first-order valence-electron chi connectivity index (χ1n) is 9.46. The Bertz CT molecular complexity index is 1150. The van der Waals surface area contributed by atoms with Crippen molar-refractivity contribution >= 4 is 40.6 Å². The molecule has 1 aliphatic rings. The molecule has 0 bridgehead atoms. The number of thioether (sulfide) groups is 1. The molecule has 1 saturated heterocycles. The summed E-state index contributed by atoms with van der Waals surface area (Å²) in [4.78, 5) is 38.4. The van der Waals surface area contributed by atoms with Gasteiger partial charge in [-0.3, -0.25) is 19.3 Å². The highest BCUT2D eigenvalue weighted by Crippen LogP contribution is 2.32. The minimum atomic E-state index is -0.476. The fraction of sp³-hybridized carbons (Fsp3) is 0.0870. The molecule has 0 saturated carbocycles. The summed E-state index contributed by atoms with van der Waals surface area (Å²) in [6.45, 7) is -0.330. The van der Waals surface area contributed by atoms with Gasteiger partial charge in [-0.05, 0) is 65.9 Å². The van der Waals surface area contributed by atoms with Crippen LogP contribution in [-0.2, 0) is 9.59 Å². The first-order chi connectivity index (χ1) is 15.0. The summed E-state index contributed by atoms with van der Waals surface area (Å²) < 4.78 is 7.07. The van der Waals surface area contributed by atoms with Gasteiger partial charge in [0.05, 0.1) is 12.0 Å². The first kappa shape index (κ1) is 20.5. The minimum absolute atomic E-state index is 0.282. The molecule has 0 spiro atoms. The van der Waals surface area contributed by atoms with Crippen LogP contribution in [-0.4, -0.2) is 40.2 Å². The van der Waals surface area contributed by atoms with E-state index in [1.807, 2.05) is 53.4 Å². The van der Waals surface area contributed by atoms with Gasteiger partial charge in [0.15, 0.2) is 0 Å². The minimum Gasteiger partial charge on any atom is -0.497 e. The highest BCUT2D eigenvalue weighted by molar-refractivity contribution is 8.18. The van der Waals surface area contributed by atoms with E-state index in [1.165, 1.54) is 0 Å². The molecule has 1 N–H and O–H groups in total. The number of para-hydroxylation sites is 1. The van der Waals surface area contributed by atoms with Gasteiger partial charge < -0.3 is 14.6 Å². The maximum Gasteiger partial charge on any atom is 0.294 e. The molecule has 1 fully saturated rings. The van der Waals surface area contributed by atoms with Gasteiger partial charge in [0, 0.05) is 23.8 Å². The largest absolute Gasteiger partial charge is 0.497 e. The molecule has 3 amide bonds.